The molecule has 0 aromatic heterocycles. The van der Waals surface area contributed by atoms with Gasteiger partial charge in [0, 0.05) is 3.57 Å². The predicted molar refractivity (Wildman–Crippen MR) is 60.2 cm³/mol. The van der Waals surface area contributed by atoms with E-state index in [4.69, 9.17) is 10.4 Å². The number of nitriles is 1. The number of nitrogens with zero attached hydrogens (tertiary/aromatic N) is 1. The second-order valence-corrected chi connectivity index (χ2v) is 3.92. The molecule has 0 saturated carbocycles. The summed E-state index contributed by atoms with van der Waals surface area (Å²) in [5, 5.41) is 17.7. The monoisotopic (exact) mass is 301 g/mol. The van der Waals surface area contributed by atoms with Crippen molar-refractivity contribution in [2.45, 2.75) is 13.3 Å². The molecular weight excluding hydrogens is 293 g/mol. The van der Waals surface area contributed by atoms with Gasteiger partial charge in [0.25, 0.3) is 0 Å². The van der Waals surface area contributed by atoms with Crippen molar-refractivity contribution in [3.05, 3.63) is 32.4 Å². The minimum atomic E-state index is -0.950. The number of benzene rings is 1. The molecule has 0 aliphatic heterocycles. The summed E-state index contributed by atoms with van der Waals surface area (Å²) < 4.78 is 0.601. The van der Waals surface area contributed by atoms with E-state index in [0.29, 0.717) is 15.6 Å². The molecule has 0 saturated heterocycles. The van der Waals surface area contributed by atoms with Gasteiger partial charge in [-0.25, -0.2) is 4.79 Å². The maximum absolute atomic E-state index is 10.8. The summed E-state index contributed by atoms with van der Waals surface area (Å²) in [6.45, 7) is 1.90. The van der Waals surface area contributed by atoms with Gasteiger partial charge in [-0.1, -0.05) is 6.92 Å². The van der Waals surface area contributed by atoms with Crippen LogP contribution in [-0.2, 0) is 6.42 Å². The molecule has 1 aromatic carbocycles. The average Bonchev–Trinajstić information content (AvgIpc) is 2.16. The van der Waals surface area contributed by atoms with E-state index in [0.717, 1.165) is 5.56 Å². The van der Waals surface area contributed by atoms with Gasteiger partial charge in [-0.15, -0.1) is 0 Å². The molecule has 0 heterocycles. The molecule has 0 bridgehead atoms. The largest absolute Gasteiger partial charge is 0.478 e. The fraction of sp³-hybridized carbons (Fsp3) is 0.200. The summed E-state index contributed by atoms with van der Waals surface area (Å²) in [6, 6.07) is 5.24. The molecule has 14 heavy (non-hydrogen) atoms. The third kappa shape index (κ3) is 2.04. The first-order valence-electron chi connectivity index (χ1n) is 4.06. The van der Waals surface area contributed by atoms with Crippen LogP contribution in [0, 0.1) is 14.9 Å². The number of carboxylic acid groups (broad SMARTS) is 1. The topological polar surface area (TPSA) is 61.1 Å². The highest BCUT2D eigenvalue weighted by Crippen LogP contribution is 2.19. The third-order valence-corrected chi connectivity index (χ3v) is 2.82. The van der Waals surface area contributed by atoms with Gasteiger partial charge in [-0.05, 0) is 46.7 Å². The lowest BCUT2D eigenvalue weighted by atomic mass is 10.0. The van der Waals surface area contributed by atoms with E-state index >= 15 is 0 Å². The van der Waals surface area contributed by atoms with Gasteiger partial charge >= 0.3 is 5.97 Å². The van der Waals surface area contributed by atoms with Crippen molar-refractivity contribution in [3.8, 4) is 6.07 Å². The molecule has 0 amide bonds. The zero-order chi connectivity index (χ0) is 10.7. The van der Waals surface area contributed by atoms with Crippen LogP contribution in [0.25, 0.3) is 0 Å². The van der Waals surface area contributed by atoms with Crippen molar-refractivity contribution in [3.63, 3.8) is 0 Å². The van der Waals surface area contributed by atoms with Gasteiger partial charge in [0.1, 0.15) is 0 Å². The highest BCUT2D eigenvalue weighted by Gasteiger charge is 2.11. The van der Waals surface area contributed by atoms with E-state index in [1.165, 1.54) is 0 Å². The van der Waals surface area contributed by atoms with Crippen molar-refractivity contribution in [1.82, 2.24) is 0 Å². The van der Waals surface area contributed by atoms with Crippen molar-refractivity contribution < 1.29 is 9.90 Å². The van der Waals surface area contributed by atoms with E-state index in [2.05, 4.69) is 6.07 Å². The molecule has 0 aliphatic rings. The summed E-state index contributed by atoms with van der Waals surface area (Å²) in [7, 11) is 0. The Morgan fingerprint density at radius 3 is 2.71 bits per heavy atom. The van der Waals surface area contributed by atoms with Crippen LogP contribution in [0.15, 0.2) is 12.1 Å². The Labute approximate surface area is 95.5 Å². The standard InChI is InChI=1S/C10H8INO2/c1-2-6-3-8(10(13)14)9(11)4-7(6)5-12/h3-4H,2H2,1H3,(H,13,14). The maximum atomic E-state index is 10.8. The Hall–Kier alpha value is -1.09. The summed E-state index contributed by atoms with van der Waals surface area (Å²) in [5.41, 5.74) is 1.61. The summed E-state index contributed by atoms with van der Waals surface area (Å²) in [5.74, 6) is -0.950. The number of carboxylic acids is 1. The van der Waals surface area contributed by atoms with Crippen LogP contribution in [0.5, 0.6) is 0 Å². The first-order valence-corrected chi connectivity index (χ1v) is 5.13. The molecule has 0 aliphatic carbocycles. The Morgan fingerprint density at radius 2 is 2.29 bits per heavy atom. The second kappa shape index (κ2) is 4.42. The lowest BCUT2D eigenvalue weighted by Crippen LogP contribution is -2.02. The number of aromatic carboxylic acids is 1. The van der Waals surface area contributed by atoms with Crippen molar-refractivity contribution in [2.75, 3.05) is 0 Å². The number of aryl methyl sites for hydroxylation is 1. The second-order valence-electron chi connectivity index (χ2n) is 2.76. The van der Waals surface area contributed by atoms with Crippen LogP contribution in [0.4, 0.5) is 0 Å². The van der Waals surface area contributed by atoms with E-state index in [1.54, 1.807) is 12.1 Å². The molecule has 3 nitrogen and oxygen atoms in total. The van der Waals surface area contributed by atoms with Crippen LogP contribution in [0.3, 0.4) is 0 Å². The Kier molecular flexibility index (Phi) is 3.47. The molecule has 0 unspecified atom stereocenters. The number of rotatable bonds is 2. The molecule has 0 atom stereocenters. The normalized spacial score (nSPS) is 9.50. The van der Waals surface area contributed by atoms with E-state index in [9.17, 15) is 4.79 Å². The summed E-state index contributed by atoms with van der Waals surface area (Å²) >= 11 is 1.93. The Bertz CT molecular complexity index is 421. The molecule has 1 aromatic rings. The average molecular weight is 301 g/mol. The van der Waals surface area contributed by atoms with Gasteiger partial charge < -0.3 is 5.11 Å². The number of hydrogen-bond donors (Lipinski definition) is 1. The fourth-order valence-corrected chi connectivity index (χ4v) is 1.88. The van der Waals surface area contributed by atoms with Gasteiger partial charge in [0.15, 0.2) is 0 Å². The lowest BCUT2D eigenvalue weighted by molar-refractivity contribution is 0.0695. The van der Waals surface area contributed by atoms with Crippen LogP contribution in [0.1, 0.15) is 28.4 Å². The molecule has 1 N–H and O–H groups in total. The van der Waals surface area contributed by atoms with Crippen LogP contribution in [0.2, 0.25) is 0 Å². The number of hydrogen-bond acceptors (Lipinski definition) is 2. The van der Waals surface area contributed by atoms with Gasteiger partial charge in [0.05, 0.1) is 17.2 Å². The van der Waals surface area contributed by atoms with Crippen molar-refractivity contribution in [2.24, 2.45) is 0 Å². The van der Waals surface area contributed by atoms with Crippen molar-refractivity contribution in [1.29, 1.82) is 5.26 Å². The third-order valence-electron chi connectivity index (χ3n) is 1.92. The zero-order valence-corrected chi connectivity index (χ0v) is 9.70. The van der Waals surface area contributed by atoms with Crippen LogP contribution < -0.4 is 0 Å². The van der Waals surface area contributed by atoms with E-state index in [-0.39, 0.29) is 5.56 Å². The minimum Gasteiger partial charge on any atom is -0.478 e. The van der Waals surface area contributed by atoms with Crippen molar-refractivity contribution >= 4 is 28.6 Å². The highest BCUT2D eigenvalue weighted by molar-refractivity contribution is 14.1. The van der Waals surface area contributed by atoms with E-state index in [1.807, 2.05) is 29.5 Å². The molecule has 4 heteroatoms. The number of halogens is 1. The first kappa shape index (κ1) is 11.0. The molecule has 0 spiro atoms. The summed E-state index contributed by atoms with van der Waals surface area (Å²) in [4.78, 5) is 10.8. The highest BCUT2D eigenvalue weighted by atomic mass is 127. The molecule has 72 valence electrons. The maximum Gasteiger partial charge on any atom is 0.336 e. The lowest BCUT2D eigenvalue weighted by Gasteiger charge is -2.04. The SMILES string of the molecule is CCc1cc(C(=O)O)c(I)cc1C#N. The summed E-state index contributed by atoms with van der Waals surface area (Å²) in [6.07, 6.45) is 0.667. The van der Waals surface area contributed by atoms with Gasteiger partial charge in [-0.2, -0.15) is 5.26 Å². The number of carbonyl (C=O) groups is 1. The van der Waals surface area contributed by atoms with Crippen LogP contribution in [-0.4, -0.2) is 11.1 Å². The van der Waals surface area contributed by atoms with Gasteiger partial charge in [-0.3, -0.25) is 0 Å². The molecular formula is C10H8INO2. The Morgan fingerprint density at radius 1 is 1.64 bits per heavy atom. The predicted octanol–water partition coefficient (Wildman–Crippen LogP) is 2.42. The van der Waals surface area contributed by atoms with E-state index < -0.39 is 5.97 Å². The van der Waals surface area contributed by atoms with Crippen LogP contribution >= 0.6 is 22.6 Å². The molecule has 0 radical (unpaired) electrons. The first-order chi connectivity index (χ1) is 6.60. The minimum absolute atomic E-state index is 0.265. The molecule has 0 fully saturated rings. The quantitative estimate of drug-likeness (QED) is 0.853. The van der Waals surface area contributed by atoms with Gasteiger partial charge in [0.2, 0.25) is 0 Å². The zero-order valence-electron chi connectivity index (χ0n) is 7.54. The Balaban J connectivity index is 3.39. The molecule has 1 rings (SSSR count). The fourth-order valence-electron chi connectivity index (χ4n) is 1.18. The smallest absolute Gasteiger partial charge is 0.336 e.